The highest BCUT2D eigenvalue weighted by molar-refractivity contribution is 5.86. The van der Waals surface area contributed by atoms with Crippen molar-refractivity contribution in [2.45, 2.75) is 0 Å². The number of pyridine rings is 3. The molecular formula is C19H17N9. The monoisotopic (exact) mass is 371 g/mol. The summed E-state index contributed by atoms with van der Waals surface area (Å²) in [6.07, 6.45) is 14.9. The highest BCUT2D eigenvalue weighted by atomic mass is 15.5. The topological polar surface area (TPSA) is 112 Å². The van der Waals surface area contributed by atoms with Gasteiger partial charge in [-0.3, -0.25) is 15.0 Å². The van der Waals surface area contributed by atoms with Crippen molar-refractivity contribution in [2.75, 3.05) is 0 Å². The van der Waals surface area contributed by atoms with Crippen LogP contribution >= 0.6 is 0 Å². The van der Waals surface area contributed by atoms with Crippen molar-refractivity contribution >= 4 is 24.6 Å². The first-order chi connectivity index (χ1) is 13.9. The number of hydrazone groups is 2. The van der Waals surface area contributed by atoms with Gasteiger partial charge in [-0.2, -0.15) is 15.3 Å². The van der Waals surface area contributed by atoms with Crippen LogP contribution in [0.1, 0.15) is 16.7 Å². The van der Waals surface area contributed by atoms with Crippen molar-refractivity contribution in [2.24, 2.45) is 20.4 Å². The summed E-state index contributed by atoms with van der Waals surface area (Å²) in [5.41, 5.74) is 8.03. The van der Waals surface area contributed by atoms with E-state index < -0.39 is 0 Å². The third-order valence-electron chi connectivity index (χ3n) is 3.19. The lowest BCUT2D eigenvalue weighted by molar-refractivity contribution is 0.890. The van der Waals surface area contributed by atoms with Crippen molar-refractivity contribution in [1.29, 1.82) is 0 Å². The van der Waals surface area contributed by atoms with Gasteiger partial charge in [0.1, 0.15) is 0 Å². The Labute approximate surface area is 161 Å². The normalized spacial score (nSPS) is 11.1. The van der Waals surface area contributed by atoms with Crippen LogP contribution in [0.5, 0.6) is 0 Å². The Bertz CT molecular complexity index is 899. The standard InChI is InChI=1S/C19H17N9/c1-4-16(10-20-7-1)13-23-26-19(27-24-14-17-5-2-8-21-11-17)28-25-15-18-6-3-9-22-12-18/h1-15H,(H2,26,27,28). The van der Waals surface area contributed by atoms with Gasteiger partial charge in [0.05, 0.1) is 18.6 Å². The van der Waals surface area contributed by atoms with E-state index in [1.165, 1.54) is 0 Å². The minimum atomic E-state index is 0.237. The highest BCUT2D eigenvalue weighted by Gasteiger charge is 1.95. The molecule has 0 atom stereocenters. The van der Waals surface area contributed by atoms with Crippen molar-refractivity contribution in [3.63, 3.8) is 0 Å². The number of nitrogens with one attached hydrogen (secondary N) is 2. The molecule has 9 nitrogen and oxygen atoms in total. The lowest BCUT2D eigenvalue weighted by atomic mass is 10.3. The summed E-state index contributed by atoms with van der Waals surface area (Å²) >= 11 is 0. The van der Waals surface area contributed by atoms with Crippen molar-refractivity contribution in [3.05, 3.63) is 90.3 Å². The summed E-state index contributed by atoms with van der Waals surface area (Å²) < 4.78 is 0. The molecule has 0 saturated carbocycles. The maximum atomic E-state index is 4.11. The third-order valence-corrected chi connectivity index (χ3v) is 3.19. The molecule has 0 fully saturated rings. The molecule has 0 saturated heterocycles. The number of aromatic nitrogens is 3. The van der Waals surface area contributed by atoms with E-state index in [-0.39, 0.29) is 5.96 Å². The maximum absolute atomic E-state index is 4.11. The Morgan fingerprint density at radius 2 is 1.14 bits per heavy atom. The molecule has 2 N–H and O–H groups in total. The molecule has 0 aliphatic carbocycles. The van der Waals surface area contributed by atoms with E-state index >= 15 is 0 Å². The van der Waals surface area contributed by atoms with E-state index in [0.29, 0.717) is 0 Å². The van der Waals surface area contributed by atoms with Gasteiger partial charge >= 0.3 is 0 Å². The minimum absolute atomic E-state index is 0.237. The first-order valence-electron chi connectivity index (χ1n) is 8.29. The molecule has 3 aromatic rings. The van der Waals surface area contributed by atoms with Crippen molar-refractivity contribution < 1.29 is 0 Å². The number of guanidine groups is 1. The van der Waals surface area contributed by atoms with Crippen LogP contribution in [0.25, 0.3) is 0 Å². The smallest absolute Gasteiger partial charge is 0.257 e. The average Bonchev–Trinajstić information content (AvgIpc) is 2.76. The molecule has 3 heterocycles. The highest BCUT2D eigenvalue weighted by Crippen LogP contribution is 1.92. The molecule has 0 amide bonds. The molecule has 0 spiro atoms. The Kier molecular flexibility index (Phi) is 7.05. The maximum Gasteiger partial charge on any atom is 0.257 e. The Morgan fingerprint density at radius 3 is 1.57 bits per heavy atom. The molecule has 3 aromatic heterocycles. The van der Waals surface area contributed by atoms with E-state index in [1.807, 2.05) is 36.4 Å². The molecule has 0 unspecified atom stereocenters. The zero-order chi connectivity index (χ0) is 19.3. The molecule has 0 bridgehead atoms. The SMILES string of the molecule is C(=NN=C(NN=Cc1cccnc1)NN=Cc1cccnc1)c1cccnc1. The van der Waals surface area contributed by atoms with Crippen molar-refractivity contribution in [1.82, 2.24) is 25.8 Å². The van der Waals surface area contributed by atoms with Crippen LogP contribution in [0, 0.1) is 0 Å². The second-order valence-corrected chi connectivity index (χ2v) is 5.29. The van der Waals surface area contributed by atoms with Gasteiger partial charge in [0.25, 0.3) is 5.96 Å². The summed E-state index contributed by atoms with van der Waals surface area (Å²) in [5.74, 6) is 0.237. The van der Waals surface area contributed by atoms with Crippen LogP contribution in [0.3, 0.4) is 0 Å². The predicted octanol–water partition coefficient (Wildman–Crippen LogP) is 1.81. The fourth-order valence-electron chi connectivity index (χ4n) is 1.92. The Morgan fingerprint density at radius 1 is 0.679 bits per heavy atom. The van der Waals surface area contributed by atoms with Gasteiger partial charge in [0.15, 0.2) is 0 Å². The first-order valence-corrected chi connectivity index (χ1v) is 8.29. The molecule has 28 heavy (non-hydrogen) atoms. The molecule has 9 heteroatoms. The number of hydrogen-bond donors (Lipinski definition) is 2. The van der Waals surface area contributed by atoms with Crippen LogP contribution in [0.4, 0.5) is 0 Å². The molecule has 138 valence electrons. The summed E-state index contributed by atoms with van der Waals surface area (Å²) in [6, 6.07) is 11.1. The van der Waals surface area contributed by atoms with Gasteiger partial charge < -0.3 is 0 Å². The van der Waals surface area contributed by atoms with Crippen LogP contribution in [-0.4, -0.2) is 39.6 Å². The number of hydrogen-bond acceptors (Lipinski definition) is 7. The molecular weight excluding hydrogens is 354 g/mol. The fourth-order valence-corrected chi connectivity index (χ4v) is 1.92. The van der Waals surface area contributed by atoms with Crippen LogP contribution in [0.2, 0.25) is 0 Å². The van der Waals surface area contributed by atoms with Crippen molar-refractivity contribution in [3.8, 4) is 0 Å². The van der Waals surface area contributed by atoms with E-state index in [0.717, 1.165) is 16.7 Å². The zero-order valence-corrected chi connectivity index (χ0v) is 14.8. The van der Waals surface area contributed by atoms with Gasteiger partial charge in [0.2, 0.25) is 0 Å². The molecule has 0 aliphatic rings. The van der Waals surface area contributed by atoms with Gasteiger partial charge in [-0.25, -0.2) is 10.9 Å². The van der Waals surface area contributed by atoms with E-state index in [9.17, 15) is 0 Å². The minimum Gasteiger partial charge on any atom is -0.264 e. The summed E-state index contributed by atoms with van der Waals surface area (Å²) in [6.45, 7) is 0. The third kappa shape index (κ3) is 6.56. The first kappa shape index (κ1) is 18.5. The second-order valence-electron chi connectivity index (χ2n) is 5.29. The van der Waals surface area contributed by atoms with Crippen LogP contribution in [-0.2, 0) is 0 Å². The zero-order valence-electron chi connectivity index (χ0n) is 14.8. The Hall–Kier alpha value is -4.27. The summed E-state index contributed by atoms with van der Waals surface area (Å²) in [7, 11) is 0. The van der Waals surface area contributed by atoms with Gasteiger partial charge in [-0.1, -0.05) is 18.2 Å². The average molecular weight is 371 g/mol. The van der Waals surface area contributed by atoms with Gasteiger partial charge in [-0.15, -0.1) is 5.10 Å². The lowest BCUT2D eigenvalue weighted by Crippen LogP contribution is -2.30. The van der Waals surface area contributed by atoms with E-state index in [2.05, 4.69) is 46.2 Å². The Balaban J connectivity index is 1.67. The quantitative estimate of drug-likeness (QED) is 0.390. The summed E-state index contributed by atoms with van der Waals surface area (Å²) in [5, 5.41) is 16.3. The van der Waals surface area contributed by atoms with E-state index in [1.54, 1.807) is 55.8 Å². The van der Waals surface area contributed by atoms with Crippen LogP contribution < -0.4 is 10.9 Å². The molecule has 3 rings (SSSR count). The molecule has 0 aromatic carbocycles. The van der Waals surface area contributed by atoms with Gasteiger partial charge in [0, 0.05) is 53.9 Å². The van der Waals surface area contributed by atoms with Gasteiger partial charge in [-0.05, 0) is 18.2 Å². The lowest BCUT2D eigenvalue weighted by Gasteiger charge is -2.02. The molecule has 0 aliphatic heterocycles. The largest absolute Gasteiger partial charge is 0.264 e. The predicted molar refractivity (Wildman–Crippen MR) is 109 cm³/mol. The van der Waals surface area contributed by atoms with Crippen LogP contribution in [0.15, 0.2) is 94.0 Å². The summed E-state index contributed by atoms with van der Waals surface area (Å²) in [4.78, 5) is 12.1. The number of nitrogens with zero attached hydrogens (tertiary/aromatic N) is 7. The fraction of sp³-hybridized carbons (Fsp3) is 0. The van der Waals surface area contributed by atoms with E-state index in [4.69, 9.17) is 0 Å². The molecule has 0 radical (unpaired) electrons. The second kappa shape index (κ2) is 10.7. The number of rotatable bonds is 6.